The fraction of sp³-hybridized carbons (Fsp3) is 0.802. The highest BCUT2D eigenvalue weighted by atomic mass is 31.2. The second kappa shape index (κ2) is 73.8. The predicted molar refractivity (Wildman–Crippen MR) is 409 cm³/mol. The molecule has 0 spiro atoms. The highest BCUT2D eigenvalue weighted by molar-refractivity contribution is 7.47. The highest BCUT2D eigenvalue weighted by Gasteiger charge is 2.30. The second-order valence-electron chi connectivity index (χ2n) is 27.0. The summed E-state index contributed by atoms with van der Waals surface area (Å²) in [5.74, 6) is -2.23. The molecular formula is C81H146O17P2. The van der Waals surface area contributed by atoms with Gasteiger partial charge < -0.3 is 33.8 Å². The lowest BCUT2D eigenvalue weighted by atomic mass is 10.0. The monoisotopic (exact) mass is 1450 g/mol. The maximum absolute atomic E-state index is 13.1. The van der Waals surface area contributed by atoms with Crippen LogP contribution in [-0.2, 0) is 65.4 Å². The minimum atomic E-state index is -4.99. The van der Waals surface area contributed by atoms with Crippen LogP contribution in [0.15, 0.2) is 72.9 Å². The fourth-order valence-corrected chi connectivity index (χ4v) is 12.5. The van der Waals surface area contributed by atoms with E-state index in [1.165, 1.54) is 148 Å². The first-order valence-electron chi connectivity index (χ1n) is 40.2. The number of allylic oxidation sites excluding steroid dienone is 12. The Morgan fingerprint density at radius 2 is 0.500 bits per heavy atom. The summed E-state index contributed by atoms with van der Waals surface area (Å²) in [5, 5.41) is 10.6. The standard InChI is InChI=1S/C81H146O17P2/c1-5-9-13-17-21-25-29-33-36-37-40-44-48-52-56-60-64-68-81(86)98-77(72-92-79(84)66-62-58-54-50-46-43-39-35-31-27-23-19-15-11-7-3)74-96-100(89,90)94-70-75(82)69-93-99(87,88)95-73-76(97-80(85)67-63-59-55-51-47-41-32-28-24-20-16-12-8-4)71-91-78(83)65-61-57-53-49-45-42-38-34-30-26-22-18-14-10-6-2/h21,25,33-36,38-40,44,52,56,75-77,82H,5-20,22-24,26-32,37,41-43,45-51,53-55,57-74H2,1-4H3,(H,87,88)(H,89,90)/b25-21-,36-33-,38-34-,39-35-,44-40-,56-52-/t75-,76-,77-/m1/s1. The van der Waals surface area contributed by atoms with Crippen molar-refractivity contribution in [3.05, 3.63) is 72.9 Å². The van der Waals surface area contributed by atoms with Crippen LogP contribution in [0.1, 0.15) is 362 Å². The average molecular weight is 1450 g/mol. The van der Waals surface area contributed by atoms with E-state index in [2.05, 4.69) is 88.5 Å². The Morgan fingerprint density at radius 1 is 0.280 bits per heavy atom. The summed E-state index contributed by atoms with van der Waals surface area (Å²) >= 11 is 0. The zero-order valence-corrected chi connectivity index (χ0v) is 65.4. The van der Waals surface area contributed by atoms with Gasteiger partial charge in [-0.25, -0.2) is 9.13 Å². The summed E-state index contributed by atoms with van der Waals surface area (Å²) < 4.78 is 68.5. The van der Waals surface area contributed by atoms with Crippen molar-refractivity contribution in [2.75, 3.05) is 39.6 Å². The van der Waals surface area contributed by atoms with Gasteiger partial charge in [-0.05, 0) is 116 Å². The molecule has 0 bridgehead atoms. The molecule has 0 aromatic rings. The van der Waals surface area contributed by atoms with E-state index in [1.807, 2.05) is 12.2 Å². The lowest BCUT2D eigenvalue weighted by Gasteiger charge is -2.21. The molecule has 2 unspecified atom stereocenters. The summed E-state index contributed by atoms with van der Waals surface area (Å²) in [6.45, 7) is 4.81. The summed E-state index contributed by atoms with van der Waals surface area (Å²) in [6, 6.07) is 0. The van der Waals surface area contributed by atoms with Crippen molar-refractivity contribution in [3.8, 4) is 0 Å². The van der Waals surface area contributed by atoms with Crippen LogP contribution in [0.3, 0.4) is 0 Å². The lowest BCUT2D eigenvalue weighted by molar-refractivity contribution is -0.161. The van der Waals surface area contributed by atoms with Gasteiger partial charge in [0, 0.05) is 25.7 Å². The summed E-state index contributed by atoms with van der Waals surface area (Å²) in [6.07, 6.45) is 74.6. The maximum Gasteiger partial charge on any atom is 0.472 e. The molecule has 100 heavy (non-hydrogen) atoms. The number of aliphatic hydroxyl groups is 1. The summed E-state index contributed by atoms with van der Waals surface area (Å²) in [5.41, 5.74) is 0. The van der Waals surface area contributed by atoms with E-state index in [4.69, 9.17) is 37.0 Å². The van der Waals surface area contributed by atoms with Crippen molar-refractivity contribution >= 4 is 39.5 Å². The molecule has 5 atom stereocenters. The molecule has 582 valence electrons. The minimum Gasteiger partial charge on any atom is -0.462 e. The molecule has 0 heterocycles. The van der Waals surface area contributed by atoms with E-state index in [-0.39, 0.29) is 25.7 Å². The average Bonchev–Trinajstić information content (AvgIpc) is 0.962. The Morgan fingerprint density at radius 3 is 0.820 bits per heavy atom. The maximum atomic E-state index is 13.1. The van der Waals surface area contributed by atoms with Crippen molar-refractivity contribution in [1.82, 2.24) is 0 Å². The largest absolute Gasteiger partial charge is 0.472 e. The first kappa shape index (κ1) is 96.5. The third kappa shape index (κ3) is 72.8. The number of unbranched alkanes of at least 4 members (excludes halogenated alkanes) is 38. The van der Waals surface area contributed by atoms with Crippen LogP contribution in [0.25, 0.3) is 0 Å². The van der Waals surface area contributed by atoms with Gasteiger partial charge in [-0.3, -0.25) is 37.3 Å². The number of esters is 4. The number of aliphatic hydroxyl groups excluding tert-OH is 1. The van der Waals surface area contributed by atoms with Gasteiger partial charge in [0.2, 0.25) is 0 Å². The number of carbonyl (C=O) groups excluding carboxylic acids is 4. The van der Waals surface area contributed by atoms with Crippen LogP contribution in [0, 0.1) is 0 Å². The van der Waals surface area contributed by atoms with Gasteiger partial charge in [0.25, 0.3) is 0 Å². The summed E-state index contributed by atoms with van der Waals surface area (Å²) in [4.78, 5) is 72.9. The number of carbonyl (C=O) groups is 4. The normalized spacial score (nSPS) is 14.3. The number of rotatable bonds is 76. The fourth-order valence-electron chi connectivity index (χ4n) is 11.0. The first-order valence-corrected chi connectivity index (χ1v) is 43.2. The van der Waals surface area contributed by atoms with Crippen LogP contribution in [0.5, 0.6) is 0 Å². The van der Waals surface area contributed by atoms with Crippen LogP contribution < -0.4 is 0 Å². The van der Waals surface area contributed by atoms with E-state index in [0.29, 0.717) is 32.1 Å². The Bertz CT molecular complexity index is 2180. The number of phosphoric acid groups is 2. The van der Waals surface area contributed by atoms with Crippen molar-refractivity contribution < 1.29 is 80.2 Å². The highest BCUT2D eigenvalue weighted by Crippen LogP contribution is 2.45. The van der Waals surface area contributed by atoms with Crippen molar-refractivity contribution in [1.29, 1.82) is 0 Å². The molecule has 0 saturated carbocycles. The van der Waals surface area contributed by atoms with Gasteiger partial charge in [-0.2, -0.15) is 0 Å². The van der Waals surface area contributed by atoms with Gasteiger partial charge in [-0.15, -0.1) is 0 Å². The predicted octanol–water partition coefficient (Wildman–Crippen LogP) is 23.2. The molecule has 3 N–H and O–H groups in total. The molecule has 0 aliphatic carbocycles. The molecule has 0 saturated heterocycles. The number of hydrogen-bond donors (Lipinski definition) is 3. The minimum absolute atomic E-state index is 0.0202. The molecule has 0 amide bonds. The van der Waals surface area contributed by atoms with E-state index >= 15 is 0 Å². The van der Waals surface area contributed by atoms with Crippen LogP contribution in [-0.4, -0.2) is 96.7 Å². The number of phosphoric ester groups is 2. The molecule has 0 rings (SSSR count). The smallest absolute Gasteiger partial charge is 0.462 e. The van der Waals surface area contributed by atoms with Gasteiger partial charge >= 0.3 is 39.5 Å². The van der Waals surface area contributed by atoms with E-state index in [0.717, 1.165) is 128 Å². The van der Waals surface area contributed by atoms with Gasteiger partial charge in [0.05, 0.1) is 26.4 Å². The molecule has 0 aromatic heterocycles. The lowest BCUT2D eigenvalue weighted by Crippen LogP contribution is -2.30. The molecular weight excluding hydrogens is 1310 g/mol. The Kier molecular flexibility index (Phi) is 71.2. The van der Waals surface area contributed by atoms with Crippen molar-refractivity contribution in [3.63, 3.8) is 0 Å². The third-order valence-electron chi connectivity index (χ3n) is 17.1. The zero-order valence-electron chi connectivity index (χ0n) is 63.6. The molecule has 17 nitrogen and oxygen atoms in total. The molecule has 0 aliphatic heterocycles. The molecule has 0 fully saturated rings. The number of hydrogen-bond acceptors (Lipinski definition) is 15. The number of ether oxygens (including phenoxy) is 4. The van der Waals surface area contributed by atoms with Gasteiger partial charge in [-0.1, -0.05) is 293 Å². The quantitative estimate of drug-likeness (QED) is 0.0169. The third-order valence-corrected chi connectivity index (χ3v) is 19.0. The van der Waals surface area contributed by atoms with E-state index < -0.39 is 97.5 Å². The van der Waals surface area contributed by atoms with Crippen LogP contribution in [0.4, 0.5) is 0 Å². The topological polar surface area (TPSA) is 237 Å². The first-order chi connectivity index (χ1) is 48.7. The Labute approximate surface area is 609 Å². The van der Waals surface area contributed by atoms with Gasteiger partial charge in [0.15, 0.2) is 12.2 Å². The van der Waals surface area contributed by atoms with Crippen molar-refractivity contribution in [2.24, 2.45) is 0 Å². The summed E-state index contributed by atoms with van der Waals surface area (Å²) in [7, 11) is -9.96. The zero-order chi connectivity index (χ0) is 73.2. The van der Waals surface area contributed by atoms with Crippen molar-refractivity contribution in [2.45, 2.75) is 380 Å². The SMILES string of the molecule is CCCCC/C=C\C/C=C\C/C=C\C/C=C\CCCC(=O)O[C@H](COC(=O)CCCCCCC/C=C\CCCCCCCC)COP(=O)(O)OC[C@H](O)COP(=O)(O)OC[C@@H](COC(=O)CCCCCCC/C=C\CCCCCCCC)OC(=O)CCCCCCCCCCCCCCC. The molecule has 0 aromatic carbocycles. The van der Waals surface area contributed by atoms with Crippen LogP contribution in [0.2, 0.25) is 0 Å². The Balaban J connectivity index is 5.39. The molecule has 0 radical (unpaired) electrons. The van der Waals surface area contributed by atoms with E-state index in [1.54, 1.807) is 0 Å². The van der Waals surface area contributed by atoms with Gasteiger partial charge in [0.1, 0.15) is 19.3 Å². The Hall–Kier alpha value is -3.50. The molecule has 0 aliphatic rings. The van der Waals surface area contributed by atoms with Crippen LogP contribution >= 0.6 is 15.6 Å². The second-order valence-corrected chi connectivity index (χ2v) is 29.9. The molecule has 19 heteroatoms. The van der Waals surface area contributed by atoms with E-state index in [9.17, 15) is 43.2 Å².